The lowest BCUT2D eigenvalue weighted by molar-refractivity contribution is -0.127. The van der Waals surface area contributed by atoms with E-state index in [1.807, 2.05) is 36.0 Å². The van der Waals surface area contributed by atoms with Crippen molar-refractivity contribution in [3.63, 3.8) is 0 Å². The highest BCUT2D eigenvalue weighted by Gasteiger charge is 2.25. The van der Waals surface area contributed by atoms with Gasteiger partial charge in [0.05, 0.1) is 22.3 Å². The first-order chi connectivity index (χ1) is 16.3. The molecule has 0 atom stereocenters. The van der Waals surface area contributed by atoms with Crippen molar-refractivity contribution in [3.8, 4) is 0 Å². The Balaban J connectivity index is 1.42. The molecule has 0 aliphatic carbocycles. The number of anilines is 1. The van der Waals surface area contributed by atoms with Gasteiger partial charge >= 0.3 is 0 Å². The SMILES string of the molecule is CN(C)C/C=C/C(=O)N1CCC(n2ncc3nc(NCc4ccc(Cl)c(Cl)c4)[nH]c(=O)c32)CC1. The topological polar surface area (TPSA) is 99.2 Å². The lowest BCUT2D eigenvalue weighted by atomic mass is 10.0. The molecule has 9 nitrogen and oxygen atoms in total. The molecule has 4 rings (SSSR count). The van der Waals surface area contributed by atoms with Gasteiger partial charge in [0.25, 0.3) is 5.56 Å². The Morgan fingerprint density at radius 1 is 1.26 bits per heavy atom. The average Bonchev–Trinajstić information content (AvgIpc) is 3.24. The summed E-state index contributed by atoms with van der Waals surface area (Å²) in [6, 6.07) is 5.37. The first-order valence-electron chi connectivity index (χ1n) is 11.1. The number of nitrogens with one attached hydrogen (secondary N) is 2. The molecule has 2 aromatic heterocycles. The monoisotopic (exact) mass is 503 g/mol. The van der Waals surface area contributed by atoms with Crippen molar-refractivity contribution < 1.29 is 4.79 Å². The number of aromatic nitrogens is 4. The van der Waals surface area contributed by atoms with E-state index in [1.165, 1.54) is 0 Å². The van der Waals surface area contributed by atoms with E-state index < -0.39 is 0 Å². The summed E-state index contributed by atoms with van der Waals surface area (Å²) in [6.07, 6.45) is 6.55. The molecule has 1 amide bonds. The molecule has 3 aromatic rings. The molecule has 1 aliphatic heterocycles. The van der Waals surface area contributed by atoms with Crippen LogP contribution in [0, 0.1) is 0 Å². The van der Waals surface area contributed by atoms with E-state index in [0.717, 1.165) is 24.9 Å². The van der Waals surface area contributed by atoms with Gasteiger partial charge in [-0.1, -0.05) is 35.3 Å². The van der Waals surface area contributed by atoms with Crippen LogP contribution in [0.4, 0.5) is 5.95 Å². The molecular formula is C23H27Cl2N7O2. The summed E-state index contributed by atoms with van der Waals surface area (Å²) in [5.74, 6) is 0.371. The van der Waals surface area contributed by atoms with Crippen molar-refractivity contribution in [2.45, 2.75) is 25.4 Å². The Labute approximate surface area is 207 Å². The number of nitrogens with zero attached hydrogens (tertiary/aromatic N) is 5. The second-order valence-corrected chi connectivity index (χ2v) is 9.38. The van der Waals surface area contributed by atoms with Gasteiger partial charge in [-0.3, -0.25) is 19.3 Å². The van der Waals surface area contributed by atoms with Gasteiger partial charge in [0, 0.05) is 32.3 Å². The number of hydrogen-bond acceptors (Lipinski definition) is 6. The van der Waals surface area contributed by atoms with Crippen molar-refractivity contribution >= 4 is 46.1 Å². The number of halogens is 2. The maximum absolute atomic E-state index is 12.9. The number of fused-ring (bicyclic) bond motifs is 1. The molecule has 0 spiro atoms. The molecule has 0 unspecified atom stereocenters. The Morgan fingerprint density at radius 2 is 2.03 bits per heavy atom. The van der Waals surface area contributed by atoms with Crippen LogP contribution in [-0.2, 0) is 11.3 Å². The summed E-state index contributed by atoms with van der Waals surface area (Å²) >= 11 is 12.0. The van der Waals surface area contributed by atoms with Crippen molar-refractivity contribution in [3.05, 3.63) is 62.5 Å². The van der Waals surface area contributed by atoms with Gasteiger partial charge in [0.2, 0.25) is 11.9 Å². The number of aromatic amines is 1. The highest BCUT2D eigenvalue weighted by molar-refractivity contribution is 6.42. The fraction of sp³-hybridized carbons (Fsp3) is 0.391. The Kier molecular flexibility index (Phi) is 7.55. The smallest absolute Gasteiger partial charge is 0.278 e. The normalized spacial score (nSPS) is 15.0. The number of likely N-dealkylation sites (N-methyl/N-ethyl adjacent to an activating group) is 1. The molecule has 0 radical (unpaired) electrons. The van der Waals surface area contributed by atoms with Crippen molar-refractivity contribution in [1.29, 1.82) is 0 Å². The minimum absolute atomic E-state index is 0.0165. The molecule has 1 saturated heterocycles. The van der Waals surface area contributed by atoms with E-state index >= 15 is 0 Å². The summed E-state index contributed by atoms with van der Waals surface area (Å²) in [7, 11) is 3.92. The molecule has 0 saturated carbocycles. The minimum atomic E-state index is -0.260. The molecule has 2 N–H and O–H groups in total. The average molecular weight is 504 g/mol. The molecule has 1 aromatic carbocycles. The van der Waals surface area contributed by atoms with Gasteiger partial charge in [-0.15, -0.1) is 0 Å². The van der Waals surface area contributed by atoms with Crippen LogP contribution in [0.5, 0.6) is 0 Å². The minimum Gasteiger partial charge on any atom is -0.352 e. The van der Waals surface area contributed by atoms with Crippen molar-refractivity contribution in [1.82, 2.24) is 29.5 Å². The van der Waals surface area contributed by atoms with Crippen LogP contribution in [0.2, 0.25) is 10.0 Å². The number of hydrogen-bond donors (Lipinski definition) is 2. The summed E-state index contributed by atoms with van der Waals surface area (Å²) in [6.45, 7) is 2.38. The zero-order valence-electron chi connectivity index (χ0n) is 19.1. The van der Waals surface area contributed by atoms with Crippen LogP contribution in [0.15, 0.2) is 41.3 Å². The fourth-order valence-corrected chi connectivity index (χ4v) is 4.29. The number of benzene rings is 1. The number of rotatable bonds is 7. The van der Waals surface area contributed by atoms with Gasteiger partial charge < -0.3 is 15.1 Å². The Morgan fingerprint density at radius 3 is 2.74 bits per heavy atom. The van der Waals surface area contributed by atoms with Gasteiger partial charge in [-0.25, -0.2) is 4.98 Å². The fourth-order valence-electron chi connectivity index (χ4n) is 3.97. The molecule has 11 heteroatoms. The van der Waals surface area contributed by atoms with Crippen LogP contribution in [0.1, 0.15) is 24.4 Å². The molecule has 34 heavy (non-hydrogen) atoms. The molecule has 3 heterocycles. The predicted molar refractivity (Wildman–Crippen MR) is 134 cm³/mol. The van der Waals surface area contributed by atoms with Crippen LogP contribution in [-0.4, -0.2) is 69.2 Å². The third-order valence-corrected chi connectivity index (χ3v) is 6.49. The number of likely N-dealkylation sites (tertiary alicyclic amines) is 1. The molecule has 180 valence electrons. The predicted octanol–water partition coefficient (Wildman–Crippen LogP) is 3.32. The van der Waals surface area contributed by atoms with E-state index in [1.54, 1.807) is 29.1 Å². The second kappa shape index (κ2) is 10.6. The molecule has 1 fully saturated rings. The van der Waals surface area contributed by atoms with Gasteiger partial charge in [-0.05, 0) is 44.6 Å². The standard InChI is InChI=1S/C23H27Cl2N7O2/c1-30(2)9-3-4-20(33)31-10-7-16(8-11-31)32-21-19(14-27-32)28-23(29-22(21)34)26-13-15-5-6-17(24)18(25)12-15/h3-6,12,14,16H,7-11,13H2,1-2H3,(H2,26,28,29,34)/b4-3+. The molecule has 0 bridgehead atoms. The quantitative estimate of drug-likeness (QED) is 0.479. The highest BCUT2D eigenvalue weighted by atomic mass is 35.5. The maximum Gasteiger partial charge on any atom is 0.278 e. The van der Waals surface area contributed by atoms with Crippen LogP contribution in [0.3, 0.4) is 0 Å². The van der Waals surface area contributed by atoms with Crippen molar-refractivity contribution in [2.75, 3.05) is 39.0 Å². The summed E-state index contributed by atoms with van der Waals surface area (Å²) in [4.78, 5) is 36.4. The maximum atomic E-state index is 12.9. The number of piperidine rings is 1. The van der Waals surface area contributed by atoms with Crippen LogP contribution >= 0.6 is 23.2 Å². The van der Waals surface area contributed by atoms with E-state index in [-0.39, 0.29) is 17.5 Å². The third kappa shape index (κ3) is 5.60. The largest absolute Gasteiger partial charge is 0.352 e. The van der Waals surface area contributed by atoms with E-state index in [0.29, 0.717) is 46.7 Å². The van der Waals surface area contributed by atoms with Gasteiger partial charge in [0.15, 0.2) is 5.52 Å². The van der Waals surface area contributed by atoms with Crippen LogP contribution < -0.4 is 10.9 Å². The number of carbonyl (C=O) groups excluding carboxylic acids is 1. The Hall–Kier alpha value is -2.88. The summed E-state index contributed by atoms with van der Waals surface area (Å²) < 4.78 is 1.74. The van der Waals surface area contributed by atoms with Gasteiger partial charge in [-0.2, -0.15) is 5.10 Å². The summed E-state index contributed by atoms with van der Waals surface area (Å²) in [5.41, 5.74) is 1.61. The Bertz CT molecular complexity index is 1260. The first-order valence-corrected chi connectivity index (χ1v) is 11.8. The second-order valence-electron chi connectivity index (χ2n) is 8.56. The number of H-pyrrole nitrogens is 1. The first kappa shape index (κ1) is 24.3. The van der Waals surface area contributed by atoms with Crippen molar-refractivity contribution in [2.24, 2.45) is 0 Å². The molecular weight excluding hydrogens is 477 g/mol. The zero-order valence-corrected chi connectivity index (χ0v) is 20.6. The highest BCUT2D eigenvalue weighted by Crippen LogP contribution is 2.25. The third-order valence-electron chi connectivity index (χ3n) is 5.75. The van der Waals surface area contributed by atoms with Crippen LogP contribution in [0.25, 0.3) is 11.0 Å². The zero-order chi connectivity index (χ0) is 24.2. The van der Waals surface area contributed by atoms with E-state index in [4.69, 9.17) is 23.2 Å². The molecule has 1 aliphatic rings. The van der Waals surface area contributed by atoms with E-state index in [9.17, 15) is 9.59 Å². The van der Waals surface area contributed by atoms with Gasteiger partial charge in [0.1, 0.15) is 5.52 Å². The lowest BCUT2D eigenvalue weighted by Crippen LogP contribution is -2.38. The summed E-state index contributed by atoms with van der Waals surface area (Å²) in [5, 5.41) is 8.52. The van der Waals surface area contributed by atoms with E-state index in [2.05, 4.69) is 20.4 Å². The number of carbonyl (C=O) groups is 1. The number of amides is 1. The lowest BCUT2D eigenvalue weighted by Gasteiger charge is -2.31.